The number of hydrogen-bond donors (Lipinski definition) is 0. The van der Waals surface area contributed by atoms with Crippen molar-refractivity contribution in [2.75, 3.05) is 13.2 Å². The summed E-state index contributed by atoms with van der Waals surface area (Å²) in [4.78, 5) is 0. The van der Waals surface area contributed by atoms with Gasteiger partial charge >= 0.3 is 0 Å². The van der Waals surface area contributed by atoms with Gasteiger partial charge in [0.05, 0.1) is 6.07 Å². The molecule has 0 unspecified atom stereocenters. The first-order valence-corrected chi connectivity index (χ1v) is 3.28. The molecule has 2 nitrogen and oxygen atoms in total. The lowest BCUT2D eigenvalue weighted by Crippen LogP contribution is -1.84. The molecule has 0 aromatic carbocycles. The highest BCUT2D eigenvalue weighted by Crippen LogP contribution is 1.64. The summed E-state index contributed by atoms with van der Waals surface area (Å²) in [7, 11) is 0. The van der Waals surface area contributed by atoms with E-state index in [9.17, 15) is 0 Å². The molecule has 0 radical (unpaired) electrons. The van der Waals surface area contributed by atoms with Crippen LogP contribution in [0.4, 0.5) is 0 Å². The van der Waals surface area contributed by atoms with E-state index in [1.807, 2.05) is 26.8 Å². The lowest BCUT2D eigenvalue weighted by Gasteiger charge is -1.86. The Bertz CT molecular complexity index is 63.8. The normalized spacial score (nSPS) is 6.89. The van der Waals surface area contributed by atoms with Gasteiger partial charge in [0.25, 0.3) is 0 Å². The van der Waals surface area contributed by atoms with Crippen molar-refractivity contribution in [2.45, 2.75) is 27.2 Å². The van der Waals surface area contributed by atoms with Gasteiger partial charge in [-0.15, -0.1) is 0 Å². The summed E-state index contributed by atoms with van der Waals surface area (Å²) in [5.41, 5.74) is 0. The van der Waals surface area contributed by atoms with E-state index in [1.165, 1.54) is 0 Å². The van der Waals surface area contributed by atoms with Crippen molar-refractivity contribution in [3.63, 3.8) is 0 Å². The fourth-order valence-corrected chi connectivity index (χ4v) is 0.204. The Labute approximate surface area is 57.4 Å². The van der Waals surface area contributed by atoms with Crippen molar-refractivity contribution in [3.8, 4) is 6.07 Å². The average molecular weight is 129 g/mol. The molecule has 0 N–H and O–H groups in total. The van der Waals surface area contributed by atoms with Crippen LogP contribution in [-0.4, -0.2) is 13.2 Å². The van der Waals surface area contributed by atoms with Gasteiger partial charge in [0.1, 0.15) is 0 Å². The van der Waals surface area contributed by atoms with Crippen molar-refractivity contribution >= 4 is 0 Å². The SMILES string of the molecule is CCC#N.CCOCC. The zero-order chi connectivity index (χ0) is 7.54. The smallest absolute Gasteiger partial charge is 0.0618 e. The van der Waals surface area contributed by atoms with E-state index in [0.29, 0.717) is 6.42 Å². The molecule has 0 saturated carbocycles. The first kappa shape index (κ1) is 11.3. The second-order valence-electron chi connectivity index (χ2n) is 1.29. The number of ether oxygens (including phenoxy) is 1. The maximum absolute atomic E-state index is 7.62. The molecule has 0 heterocycles. The van der Waals surface area contributed by atoms with Crippen LogP contribution < -0.4 is 0 Å². The summed E-state index contributed by atoms with van der Waals surface area (Å²) in [5, 5.41) is 7.62. The predicted molar refractivity (Wildman–Crippen MR) is 38.1 cm³/mol. The number of hydrogen-bond acceptors (Lipinski definition) is 2. The maximum atomic E-state index is 7.62. The van der Waals surface area contributed by atoms with E-state index in [4.69, 9.17) is 10.00 Å². The minimum Gasteiger partial charge on any atom is -0.382 e. The third-order valence-corrected chi connectivity index (χ3v) is 0.566. The van der Waals surface area contributed by atoms with Gasteiger partial charge in [-0.2, -0.15) is 5.26 Å². The third-order valence-electron chi connectivity index (χ3n) is 0.566. The molecule has 0 aliphatic carbocycles. The van der Waals surface area contributed by atoms with E-state index in [0.717, 1.165) is 13.2 Å². The first-order valence-electron chi connectivity index (χ1n) is 3.28. The molecule has 0 aliphatic rings. The van der Waals surface area contributed by atoms with Crippen LogP contribution in [0, 0.1) is 11.3 Å². The first-order chi connectivity index (χ1) is 4.33. The van der Waals surface area contributed by atoms with Crippen molar-refractivity contribution in [2.24, 2.45) is 0 Å². The molecule has 0 saturated heterocycles. The summed E-state index contributed by atoms with van der Waals surface area (Å²) in [6.07, 6.45) is 0.625. The zero-order valence-corrected chi connectivity index (χ0v) is 6.48. The fourth-order valence-electron chi connectivity index (χ4n) is 0.204. The standard InChI is InChI=1S/C4H10O.C3H5N/c1-3-5-4-2;1-2-3-4/h3-4H2,1-2H3;2H2,1H3. The topological polar surface area (TPSA) is 33.0 Å². The minimum atomic E-state index is 0.625. The molecule has 0 aromatic rings. The number of rotatable bonds is 2. The van der Waals surface area contributed by atoms with Gasteiger partial charge in [0, 0.05) is 19.6 Å². The molecule has 54 valence electrons. The van der Waals surface area contributed by atoms with Gasteiger partial charge < -0.3 is 4.74 Å². The van der Waals surface area contributed by atoms with Crippen molar-refractivity contribution in [1.29, 1.82) is 5.26 Å². The molecule has 0 fully saturated rings. The Morgan fingerprint density at radius 1 is 1.22 bits per heavy atom. The van der Waals surface area contributed by atoms with Gasteiger partial charge in [-0.25, -0.2) is 0 Å². The molecule has 0 rings (SSSR count). The number of nitrogens with zero attached hydrogens (tertiary/aromatic N) is 1. The van der Waals surface area contributed by atoms with Crippen molar-refractivity contribution in [3.05, 3.63) is 0 Å². The van der Waals surface area contributed by atoms with Crippen molar-refractivity contribution in [1.82, 2.24) is 0 Å². The summed E-state index contributed by atoms with van der Waals surface area (Å²) in [5.74, 6) is 0. The molecule has 0 aromatic heterocycles. The monoisotopic (exact) mass is 129 g/mol. The second-order valence-corrected chi connectivity index (χ2v) is 1.29. The second kappa shape index (κ2) is 15.7. The Morgan fingerprint density at radius 2 is 1.56 bits per heavy atom. The molecular formula is C7H15NO. The Morgan fingerprint density at radius 3 is 1.56 bits per heavy atom. The molecule has 0 aliphatic heterocycles. The van der Waals surface area contributed by atoms with E-state index >= 15 is 0 Å². The summed E-state index contributed by atoms with van der Waals surface area (Å²) in [6.45, 7) is 7.49. The molecule has 9 heavy (non-hydrogen) atoms. The molecule has 0 amide bonds. The van der Waals surface area contributed by atoms with Gasteiger partial charge in [0.15, 0.2) is 0 Å². The molecule has 0 bridgehead atoms. The molecular weight excluding hydrogens is 114 g/mol. The number of nitriles is 1. The Balaban J connectivity index is 0. The average Bonchev–Trinajstić information content (AvgIpc) is 1.91. The van der Waals surface area contributed by atoms with Crippen LogP contribution in [0.5, 0.6) is 0 Å². The fraction of sp³-hybridized carbons (Fsp3) is 0.857. The predicted octanol–water partition coefficient (Wildman–Crippen LogP) is 1.96. The van der Waals surface area contributed by atoms with Crippen LogP contribution in [0.25, 0.3) is 0 Å². The summed E-state index contributed by atoms with van der Waals surface area (Å²) < 4.78 is 4.83. The van der Waals surface area contributed by atoms with Gasteiger partial charge in [-0.05, 0) is 13.8 Å². The highest BCUT2D eigenvalue weighted by atomic mass is 16.5. The largest absolute Gasteiger partial charge is 0.382 e. The van der Waals surface area contributed by atoms with E-state index in [1.54, 1.807) is 0 Å². The van der Waals surface area contributed by atoms with Crippen molar-refractivity contribution < 1.29 is 4.74 Å². The lowest BCUT2D eigenvalue weighted by atomic mass is 10.6. The lowest BCUT2D eigenvalue weighted by molar-refractivity contribution is 0.162. The maximum Gasteiger partial charge on any atom is 0.0618 e. The van der Waals surface area contributed by atoms with Gasteiger partial charge in [-0.3, -0.25) is 0 Å². The van der Waals surface area contributed by atoms with Crippen LogP contribution in [0.15, 0.2) is 0 Å². The van der Waals surface area contributed by atoms with Gasteiger partial charge in [0.2, 0.25) is 0 Å². The van der Waals surface area contributed by atoms with Gasteiger partial charge in [-0.1, -0.05) is 6.92 Å². The highest BCUT2D eigenvalue weighted by Gasteiger charge is 1.64. The quantitative estimate of drug-likeness (QED) is 0.571. The zero-order valence-electron chi connectivity index (χ0n) is 6.48. The Hall–Kier alpha value is -0.550. The van der Waals surface area contributed by atoms with Crippen LogP contribution in [0.3, 0.4) is 0 Å². The Kier molecular flexibility index (Phi) is 19.6. The van der Waals surface area contributed by atoms with Crippen LogP contribution in [-0.2, 0) is 4.74 Å². The van der Waals surface area contributed by atoms with E-state index in [2.05, 4.69) is 0 Å². The third kappa shape index (κ3) is 36.9. The highest BCUT2D eigenvalue weighted by molar-refractivity contribution is 4.61. The molecule has 0 spiro atoms. The minimum absolute atomic E-state index is 0.625. The van der Waals surface area contributed by atoms with E-state index < -0.39 is 0 Å². The van der Waals surface area contributed by atoms with Crippen LogP contribution in [0.2, 0.25) is 0 Å². The molecule has 2 heteroatoms. The van der Waals surface area contributed by atoms with Crippen LogP contribution >= 0.6 is 0 Å². The molecule has 0 atom stereocenters. The van der Waals surface area contributed by atoms with E-state index in [-0.39, 0.29) is 0 Å². The summed E-state index contributed by atoms with van der Waals surface area (Å²) in [6, 6.07) is 1.93. The summed E-state index contributed by atoms with van der Waals surface area (Å²) >= 11 is 0. The van der Waals surface area contributed by atoms with Crippen LogP contribution in [0.1, 0.15) is 27.2 Å².